The second kappa shape index (κ2) is 7.50. The molecule has 20 heavy (non-hydrogen) atoms. The molecule has 3 N–H and O–H groups in total. The van der Waals surface area contributed by atoms with Crippen LogP contribution >= 0.6 is 11.6 Å². The van der Waals surface area contributed by atoms with Crippen LogP contribution in [0.2, 0.25) is 5.02 Å². The van der Waals surface area contributed by atoms with Crippen LogP contribution in [0.4, 0.5) is 4.79 Å². The van der Waals surface area contributed by atoms with E-state index < -0.39 is 11.7 Å². The van der Waals surface area contributed by atoms with Crippen molar-refractivity contribution in [3.05, 3.63) is 34.9 Å². The highest BCUT2D eigenvalue weighted by Gasteiger charge is 2.15. The van der Waals surface area contributed by atoms with Crippen molar-refractivity contribution in [1.82, 2.24) is 5.32 Å². The van der Waals surface area contributed by atoms with Gasteiger partial charge in [0.15, 0.2) is 0 Å². The largest absolute Gasteiger partial charge is 0.444 e. The quantitative estimate of drug-likeness (QED) is 0.816. The van der Waals surface area contributed by atoms with Gasteiger partial charge in [-0.2, -0.15) is 0 Å². The van der Waals surface area contributed by atoms with Crippen LogP contribution in [-0.2, 0) is 4.74 Å². The van der Waals surface area contributed by atoms with Gasteiger partial charge in [0.05, 0.1) is 0 Å². The highest BCUT2D eigenvalue weighted by molar-refractivity contribution is 6.30. The molecule has 1 aromatic carbocycles. The number of carbonyl (C=O) groups excluding carboxylic acids is 1. The van der Waals surface area contributed by atoms with Crippen molar-refractivity contribution in [2.24, 2.45) is 5.73 Å². The van der Waals surface area contributed by atoms with Crippen molar-refractivity contribution in [3.63, 3.8) is 0 Å². The number of hydrogen-bond donors (Lipinski definition) is 2. The summed E-state index contributed by atoms with van der Waals surface area (Å²) in [5.74, 6) is 0. The molecule has 112 valence electrons. The van der Waals surface area contributed by atoms with Crippen LogP contribution < -0.4 is 11.1 Å². The van der Waals surface area contributed by atoms with Gasteiger partial charge in [0.1, 0.15) is 5.60 Å². The molecule has 4 nitrogen and oxygen atoms in total. The Bertz CT molecular complexity index is 426. The van der Waals surface area contributed by atoms with E-state index in [0.29, 0.717) is 11.6 Å². The molecule has 1 amide bonds. The zero-order valence-corrected chi connectivity index (χ0v) is 13.0. The van der Waals surface area contributed by atoms with E-state index in [1.807, 2.05) is 45.0 Å². The Morgan fingerprint density at radius 2 is 1.95 bits per heavy atom. The van der Waals surface area contributed by atoms with E-state index >= 15 is 0 Å². The molecular formula is C15H23ClN2O2. The molecule has 0 aliphatic rings. The number of alkyl carbamates (subject to hydrolysis) is 1. The SMILES string of the molecule is CC(C)(C)OC(=O)NCCC[C@@H](N)c1ccc(Cl)cc1. The molecule has 0 aliphatic carbocycles. The lowest BCUT2D eigenvalue weighted by Gasteiger charge is -2.20. The summed E-state index contributed by atoms with van der Waals surface area (Å²) in [6.45, 7) is 6.06. The smallest absolute Gasteiger partial charge is 0.407 e. The van der Waals surface area contributed by atoms with E-state index in [4.69, 9.17) is 22.1 Å². The summed E-state index contributed by atoms with van der Waals surface area (Å²) in [4.78, 5) is 11.4. The maximum absolute atomic E-state index is 11.4. The van der Waals surface area contributed by atoms with Crippen LogP contribution in [0.3, 0.4) is 0 Å². The molecular weight excluding hydrogens is 276 g/mol. The summed E-state index contributed by atoms with van der Waals surface area (Å²) >= 11 is 5.83. The predicted molar refractivity (Wildman–Crippen MR) is 81.9 cm³/mol. The van der Waals surface area contributed by atoms with Crippen LogP contribution in [0.25, 0.3) is 0 Å². The number of benzene rings is 1. The van der Waals surface area contributed by atoms with Crippen molar-refractivity contribution >= 4 is 17.7 Å². The molecule has 1 aromatic rings. The van der Waals surface area contributed by atoms with Crippen LogP contribution in [0.1, 0.15) is 45.2 Å². The molecule has 0 radical (unpaired) electrons. The van der Waals surface area contributed by atoms with Gasteiger partial charge in [-0.05, 0) is 51.3 Å². The predicted octanol–water partition coefficient (Wildman–Crippen LogP) is 3.64. The first-order valence-corrected chi connectivity index (χ1v) is 7.13. The van der Waals surface area contributed by atoms with Crippen molar-refractivity contribution in [2.75, 3.05) is 6.54 Å². The van der Waals surface area contributed by atoms with Crippen molar-refractivity contribution in [1.29, 1.82) is 0 Å². The number of halogens is 1. The second-order valence-electron chi connectivity index (χ2n) is 5.73. The molecule has 1 rings (SSSR count). The minimum absolute atomic E-state index is 0.0484. The van der Waals surface area contributed by atoms with Gasteiger partial charge >= 0.3 is 6.09 Å². The summed E-state index contributed by atoms with van der Waals surface area (Å²) < 4.78 is 5.15. The number of hydrogen-bond acceptors (Lipinski definition) is 3. The Labute approximate surface area is 125 Å². The van der Waals surface area contributed by atoms with Crippen molar-refractivity contribution < 1.29 is 9.53 Å². The molecule has 0 bridgehead atoms. The number of nitrogens with two attached hydrogens (primary N) is 1. The maximum atomic E-state index is 11.4. The molecule has 5 heteroatoms. The number of amides is 1. The van der Waals surface area contributed by atoms with Crippen LogP contribution in [0.5, 0.6) is 0 Å². The van der Waals surface area contributed by atoms with Gasteiger partial charge < -0.3 is 15.8 Å². The third-order valence-electron chi connectivity index (χ3n) is 2.66. The molecule has 0 aliphatic heterocycles. The van der Waals surface area contributed by atoms with Gasteiger partial charge in [0, 0.05) is 17.6 Å². The third kappa shape index (κ3) is 6.78. The zero-order valence-electron chi connectivity index (χ0n) is 12.3. The van der Waals surface area contributed by atoms with Gasteiger partial charge in [0.2, 0.25) is 0 Å². The molecule has 1 atom stereocenters. The minimum atomic E-state index is -0.468. The lowest BCUT2D eigenvalue weighted by atomic mass is 10.0. The Kier molecular flexibility index (Phi) is 6.30. The fraction of sp³-hybridized carbons (Fsp3) is 0.533. The molecule has 0 unspecified atom stereocenters. The van der Waals surface area contributed by atoms with Gasteiger partial charge in [-0.3, -0.25) is 0 Å². The Balaban J connectivity index is 2.24. The first-order chi connectivity index (χ1) is 9.28. The zero-order chi connectivity index (χ0) is 15.2. The maximum Gasteiger partial charge on any atom is 0.407 e. The van der Waals surface area contributed by atoms with E-state index in [9.17, 15) is 4.79 Å². The van der Waals surface area contributed by atoms with Crippen molar-refractivity contribution in [3.8, 4) is 0 Å². The van der Waals surface area contributed by atoms with Gasteiger partial charge in [-0.25, -0.2) is 4.79 Å². The first-order valence-electron chi connectivity index (χ1n) is 6.76. The number of carbonyl (C=O) groups is 1. The average Bonchev–Trinajstić information content (AvgIpc) is 2.33. The highest BCUT2D eigenvalue weighted by Crippen LogP contribution is 2.18. The molecule has 0 spiro atoms. The van der Waals surface area contributed by atoms with E-state index in [1.165, 1.54) is 0 Å². The second-order valence-corrected chi connectivity index (χ2v) is 6.17. The molecule has 0 heterocycles. The summed E-state index contributed by atoms with van der Waals surface area (Å²) in [7, 11) is 0. The standard InChI is InChI=1S/C15H23ClN2O2/c1-15(2,3)20-14(19)18-10-4-5-13(17)11-6-8-12(16)9-7-11/h6-9,13H,4-5,10,17H2,1-3H3,(H,18,19)/t13-/m1/s1. The fourth-order valence-electron chi connectivity index (χ4n) is 1.70. The summed E-state index contributed by atoms with van der Waals surface area (Å²) in [5.41, 5.74) is 6.66. The van der Waals surface area contributed by atoms with E-state index in [1.54, 1.807) is 0 Å². The summed E-state index contributed by atoms with van der Waals surface area (Å²) in [6, 6.07) is 7.46. The normalized spacial score (nSPS) is 12.8. The summed E-state index contributed by atoms with van der Waals surface area (Å²) in [6.07, 6.45) is 1.19. The highest BCUT2D eigenvalue weighted by atomic mass is 35.5. The van der Waals surface area contributed by atoms with Crippen LogP contribution in [-0.4, -0.2) is 18.2 Å². The van der Waals surface area contributed by atoms with E-state index in [0.717, 1.165) is 18.4 Å². The molecule has 0 fully saturated rings. The van der Waals surface area contributed by atoms with E-state index in [2.05, 4.69) is 5.32 Å². The number of ether oxygens (including phenoxy) is 1. The summed E-state index contributed by atoms with van der Waals surface area (Å²) in [5, 5.41) is 3.42. The van der Waals surface area contributed by atoms with Crippen molar-refractivity contribution in [2.45, 2.75) is 45.3 Å². The third-order valence-corrected chi connectivity index (χ3v) is 2.91. The fourth-order valence-corrected chi connectivity index (χ4v) is 1.83. The first kappa shape index (κ1) is 16.8. The average molecular weight is 299 g/mol. The Hall–Kier alpha value is -1.26. The molecule has 0 saturated carbocycles. The van der Waals surface area contributed by atoms with Crippen LogP contribution in [0.15, 0.2) is 24.3 Å². The van der Waals surface area contributed by atoms with Gasteiger partial charge in [-0.1, -0.05) is 23.7 Å². The lowest BCUT2D eigenvalue weighted by molar-refractivity contribution is 0.0526. The Morgan fingerprint density at radius 3 is 2.50 bits per heavy atom. The monoisotopic (exact) mass is 298 g/mol. The molecule has 0 aromatic heterocycles. The van der Waals surface area contributed by atoms with Gasteiger partial charge in [0.25, 0.3) is 0 Å². The number of rotatable bonds is 5. The van der Waals surface area contributed by atoms with Gasteiger partial charge in [-0.15, -0.1) is 0 Å². The van der Waals surface area contributed by atoms with E-state index in [-0.39, 0.29) is 6.04 Å². The number of nitrogens with one attached hydrogen (secondary N) is 1. The minimum Gasteiger partial charge on any atom is -0.444 e. The topological polar surface area (TPSA) is 64.3 Å². The lowest BCUT2D eigenvalue weighted by Crippen LogP contribution is -2.33. The molecule has 0 saturated heterocycles. The van der Waals surface area contributed by atoms with Crippen LogP contribution in [0, 0.1) is 0 Å². The Morgan fingerprint density at radius 1 is 1.35 bits per heavy atom.